The average molecular weight is 346 g/mol. The number of rotatable bonds is 4. The summed E-state index contributed by atoms with van der Waals surface area (Å²) >= 11 is 1.88. The van der Waals surface area contributed by atoms with Crippen LogP contribution in [-0.4, -0.2) is 26.8 Å². The van der Waals surface area contributed by atoms with Crippen molar-refractivity contribution >= 4 is 28.6 Å². The second kappa shape index (κ2) is 7.01. The summed E-state index contributed by atoms with van der Waals surface area (Å²) in [6.07, 6.45) is 0. The van der Waals surface area contributed by atoms with E-state index in [2.05, 4.69) is 9.85 Å². The highest BCUT2D eigenvalue weighted by Crippen LogP contribution is 2.27. The Balaban J connectivity index is 2.83. The molecule has 0 aliphatic carbocycles. The Labute approximate surface area is 113 Å². The maximum Gasteiger partial charge on any atom is 0.339 e. The van der Waals surface area contributed by atoms with Gasteiger partial charge in [-0.3, -0.25) is 0 Å². The van der Waals surface area contributed by atoms with Crippen LogP contribution in [0.25, 0.3) is 0 Å². The number of halogens is 1. The summed E-state index contributed by atoms with van der Waals surface area (Å²) in [6.45, 7) is 0.0795. The Hall–Kier alpha value is -1.42. The fourth-order valence-electron chi connectivity index (χ4n) is 1.18. The fraction of sp³-hybridized carbons (Fsp3) is 0.250. The number of carbonyl (C=O) groups excluding carboxylic acids is 1. The summed E-state index contributed by atoms with van der Waals surface area (Å²) in [5.74, 6) is 3.25. The monoisotopic (exact) mass is 346 g/mol. The molecule has 0 fully saturated rings. The predicted molar refractivity (Wildman–Crippen MR) is 71.6 cm³/mol. The van der Waals surface area contributed by atoms with Gasteiger partial charge in [-0.1, -0.05) is 5.92 Å². The smallest absolute Gasteiger partial charge is 0.339 e. The molecular formula is C12H11IO4. The van der Waals surface area contributed by atoms with Crippen LogP contribution in [0, 0.1) is 9.85 Å². The number of esters is 1. The van der Waals surface area contributed by atoms with Crippen LogP contribution in [0.4, 0.5) is 0 Å². The summed E-state index contributed by atoms with van der Waals surface area (Å²) in [5.41, 5.74) is 0.401. The Kier molecular flexibility index (Phi) is 5.63. The van der Waals surface area contributed by atoms with E-state index >= 15 is 0 Å². The number of methoxy groups -OCH3 is 2. The van der Waals surface area contributed by atoms with E-state index in [1.54, 1.807) is 18.2 Å². The molecule has 17 heavy (non-hydrogen) atoms. The van der Waals surface area contributed by atoms with E-state index < -0.39 is 5.97 Å². The molecular weight excluding hydrogens is 335 g/mol. The van der Waals surface area contributed by atoms with Gasteiger partial charge in [0.2, 0.25) is 0 Å². The highest BCUT2D eigenvalue weighted by molar-refractivity contribution is 14.1. The van der Waals surface area contributed by atoms with Crippen molar-refractivity contribution in [3.8, 4) is 21.3 Å². The topological polar surface area (TPSA) is 44.8 Å². The van der Waals surface area contributed by atoms with E-state index in [-0.39, 0.29) is 6.61 Å². The van der Waals surface area contributed by atoms with Gasteiger partial charge in [0, 0.05) is 22.6 Å². The van der Waals surface area contributed by atoms with Crippen molar-refractivity contribution in [2.24, 2.45) is 0 Å². The Morgan fingerprint density at radius 3 is 2.59 bits per heavy atom. The summed E-state index contributed by atoms with van der Waals surface area (Å²) < 4.78 is 17.7. The van der Waals surface area contributed by atoms with Crippen molar-refractivity contribution in [2.45, 2.75) is 0 Å². The Bertz CT molecular complexity index is 459. The van der Waals surface area contributed by atoms with Gasteiger partial charge in [-0.15, -0.1) is 0 Å². The van der Waals surface area contributed by atoms with Crippen LogP contribution in [0.15, 0.2) is 18.2 Å². The van der Waals surface area contributed by atoms with Crippen molar-refractivity contribution in [1.29, 1.82) is 0 Å². The quantitative estimate of drug-likeness (QED) is 0.477. The van der Waals surface area contributed by atoms with Gasteiger partial charge in [-0.25, -0.2) is 4.79 Å². The largest absolute Gasteiger partial charge is 0.493 e. The van der Waals surface area contributed by atoms with Crippen molar-refractivity contribution in [2.75, 3.05) is 20.8 Å². The summed E-state index contributed by atoms with van der Waals surface area (Å²) in [7, 11) is 3.04. The maximum atomic E-state index is 11.6. The first kappa shape index (κ1) is 13.6. The van der Waals surface area contributed by atoms with Gasteiger partial charge in [-0.2, -0.15) is 0 Å². The van der Waals surface area contributed by atoms with Crippen LogP contribution in [0.1, 0.15) is 10.4 Å². The molecule has 4 nitrogen and oxygen atoms in total. The van der Waals surface area contributed by atoms with E-state index in [9.17, 15) is 4.79 Å². The third-order valence-electron chi connectivity index (χ3n) is 1.96. The zero-order valence-electron chi connectivity index (χ0n) is 9.45. The highest BCUT2D eigenvalue weighted by Gasteiger charge is 2.11. The molecule has 0 aliphatic heterocycles. The Morgan fingerprint density at radius 1 is 1.29 bits per heavy atom. The molecule has 0 spiro atoms. The second-order valence-electron chi connectivity index (χ2n) is 2.92. The molecule has 0 radical (unpaired) electrons. The molecule has 0 aromatic heterocycles. The van der Waals surface area contributed by atoms with Gasteiger partial charge < -0.3 is 14.2 Å². The molecule has 0 saturated carbocycles. The zero-order chi connectivity index (χ0) is 12.7. The minimum atomic E-state index is -0.440. The predicted octanol–water partition coefficient (Wildman–Crippen LogP) is 2.26. The first-order valence-corrected chi connectivity index (χ1v) is 5.78. The first-order valence-electron chi connectivity index (χ1n) is 4.70. The normalized spacial score (nSPS) is 8.88. The van der Waals surface area contributed by atoms with Crippen LogP contribution in [0.5, 0.6) is 11.5 Å². The van der Waals surface area contributed by atoms with Gasteiger partial charge in [0.1, 0.15) is 0 Å². The van der Waals surface area contributed by atoms with Crippen LogP contribution >= 0.6 is 22.6 Å². The minimum Gasteiger partial charge on any atom is -0.493 e. The molecule has 5 heteroatoms. The number of hydrogen-bond acceptors (Lipinski definition) is 4. The fourth-order valence-corrected chi connectivity index (χ4v) is 1.33. The summed E-state index contributed by atoms with van der Waals surface area (Å²) in [6, 6.07) is 4.83. The summed E-state index contributed by atoms with van der Waals surface area (Å²) in [5, 5.41) is 0. The van der Waals surface area contributed by atoms with Crippen molar-refractivity contribution < 1.29 is 19.0 Å². The van der Waals surface area contributed by atoms with Crippen molar-refractivity contribution in [1.82, 2.24) is 0 Å². The Morgan fingerprint density at radius 2 is 2.00 bits per heavy atom. The van der Waals surface area contributed by atoms with E-state index in [1.807, 2.05) is 22.6 Å². The molecule has 0 amide bonds. The SMILES string of the molecule is COc1ccc(C(=O)OCC#CI)cc1OC. The van der Waals surface area contributed by atoms with Crippen molar-refractivity contribution in [3.63, 3.8) is 0 Å². The maximum absolute atomic E-state index is 11.6. The summed E-state index contributed by atoms with van der Waals surface area (Å²) in [4.78, 5) is 11.6. The van der Waals surface area contributed by atoms with Gasteiger partial charge in [0.15, 0.2) is 18.1 Å². The molecule has 0 atom stereocenters. The standard InChI is InChI=1S/C12H11IO4/c1-15-10-5-4-9(8-11(10)16-2)12(14)17-7-3-6-13/h4-5,8H,7H2,1-2H3. The lowest BCUT2D eigenvalue weighted by atomic mass is 10.2. The molecule has 0 bridgehead atoms. The van der Waals surface area contributed by atoms with Gasteiger partial charge in [0.05, 0.1) is 19.8 Å². The molecule has 0 saturated heterocycles. The van der Waals surface area contributed by atoms with E-state index in [0.717, 1.165) is 0 Å². The van der Waals surface area contributed by atoms with Crippen LogP contribution in [-0.2, 0) is 4.74 Å². The number of ether oxygens (including phenoxy) is 3. The van der Waals surface area contributed by atoms with Gasteiger partial charge in [0.25, 0.3) is 0 Å². The van der Waals surface area contributed by atoms with Gasteiger partial charge >= 0.3 is 5.97 Å². The lowest BCUT2D eigenvalue weighted by Gasteiger charge is -2.08. The number of hydrogen-bond donors (Lipinski definition) is 0. The van der Waals surface area contributed by atoms with E-state index in [4.69, 9.17) is 14.2 Å². The van der Waals surface area contributed by atoms with Crippen molar-refractivity contribution in [3.05, 3.63) is 23.8 Å². The van der Waals surface area contributed by atoms with E-state index in [1.165, 1.54) is 14.2 Å². The average Bonchev–Trinajstić information content (AvgIpc) is 2.38. The molecule has 90 valence electrons. The van der Waals surface area contributed by atoms with Crippen LogP contribution in [0.2, 0.25) is 0 Å². The molecule has 0 unspecified atom stereocenters. The molecule has 0 heterocycles. The number of benzene rings is 1. The minimum absolute atomic E-state index is 0.0795. The second-order valence-corrected chi connectivity index (χ2v) is 3.46. The van der Waals surface area contributed by atoms with E-state index in [0.29, 0.717) is 17.1 Å². The van der Waals surface area contributed by atoms with Crippen LogP contribution in [0.3, 0.4) is 0 Å². The highest BCUT2D eigenvalue weighted by atomic mass is 127. The number of carbonyl (C=O) groups is 1. The zero-order valence-corrected chi connectivity index (χ0v) is 11.6. The molecule has 0 aliphatic rings. The first-order chi connectivity index (χ1) is 8.22. The third-order valence-corrected chi connectivity index (χ3v) is 2.34. The molecule has 1 aromatic carbocycles. The molecule has 0 N–H and O–H groups in total. The lowest BCUT2D eigenvalue weighted by molar-refractivity contribution is 0.0556. The lowest BCUT2D eigenvalue weighted by Crippen LogP contribution is -2.05. The molecule has 1 aromatic rings. The van der Waals surface area contributed by atoms with Gasteiger partial charge in [-0.05, 0) is 22.1 Å². The van der Waals surface area contributed by atoms with Crippen LogP contribution < -0.4 is 9.47 Å². The molecule has 1 rings (SSSR count). The third kappa shape index (κ3) is 3.82.